The van der Waals surface area contributed by atoms with Crippen LogP contribution in [0.15, 0.2) is 29.3 Å². The van der Waals surface area contributed by atoms with E-state index in [1.54, 1.807) is 7.05 Å². The number of aliphatic imine (C=N–C) groups is 1. The molecule has 0 spiro atoms. The van der Waals surface area contributed by atoms with Gasteiger partial charge >= 0.3 is 0 Å². The zero-order chi connectivity index (χ0) is 15.5. The summed E-state index contributed by atoms with van der Waals surface area (Å²) in [6, 6.07) is 8.37. The lowest BCUT2D eigenvalue weighted by atomic mass is 10.1. The second-order valence-corrected chi connectivity index (χ2v) is 5.52. The molecule has 0 unspecified atom stereocenters. The van der Waals surface area contributed by atoms with Crippen LogP contribution in [0.3, 0.4) is 0 Å². The SMILES string of the molecule is CCCOCc1ccccc1CNC(=NC)NCC(C)C.I. The van der Waals surface area contributed by atoms with Gasteiger partial charge in [-0.15, -0.1) is 24.0 Å². The van der Waals surface area contributed by atoms with Crippen LogP contribution in [0.1, 0.15) is 38.3 Å². The van der Waals surface area contributed by atoms with E-state index in [1.807, 2.05) is 0 Å². The first kappa shape index (κ1) is 21.2. The van der Waals surface area contributed by atoms with Crippen LogP contribution in [0.25, 0.3) is 0 Å². The Hall–Kier alpha value is -0.820. The fourth-order valence-electron chi connectivity index (χ4n) is 1.90. The van der Waals surface area contributed by atoms with Crippen LogP contribution in [-0.2, 0) is 17.9 Å². The number of nitrogens with zero attached hydrogens (tertiary/aromatic N) is 1. The van der Waals surface area contributed by atoms with Crippen molar-refractivity contribution in [1.82, 2.24) is 10.6 Å². The molecule has 0 fully saturated rings. The maximum atomic E-state index is 5.65. The van der Waals surface area contributed by atoms with Crippen LogP contribution < -0.4 is 10.6 Å². The van der Waals surface area contributed by atoms with Gasteiger partial charge in [0, 0.05) is 26.7 Å². The smallest absolute Gasteiger partial charge is 0.191 e. The molecular weight excluding hydrogens is 389 g/mol. The van der Waals surface area contributed by atoms with Crippen molar-refractivity contribution in [3.05, 3.63) is 35.4 Å². The quantitative estimate of drug-likeness (QED) is 0.293. The lowest BCUT2D eigenvalue weighted by Gasteiger charge is -2.15. The summed E-state index contributed by atoms with van der Waals surface area (Å²) < 4.78 is 5.65. The van der Waals surface area contributed by atoms with Gasteiger partial charge in [-0.05, 0) is 23.5 Å². The molecule has 126 valence electrons. The van der Waals surface area contributed by atoms with E-state index in [9.17, 15) is 0 Å². The predicted octanol–water partition coefficient (Wildman–Crippen LogP) is 3.55. The average molecular weight is 419 g/mol. The molecule has 0 atom stereocenters. The van der Waals surface area contributed by atoms with Crippen molar-refractivity contribution in [2.24, 2.45) is 10.9 Å². The summed E-state index contributed by atoms with van der Waals surface area (Å²) in [7, 11) is 1.80. The minimum atomic E-state index is 0. The van der Waals surface area contributed by atoms with E-state index in [2.05, 4.69) is 60.7 Å². The zero-order valence-electron chi connectivity index (χ0n) is 14.2. The lowest BCUT2D eigenvalue weighted by molar-refractivity contribution is 0.121. The van der Waals surface area contributed by atoms with Gasteiger partial charge in [-0.2, -0.15) is 0 Å². The van der Waals surface area contributed by atoms with E-state index in [-0.39, 0.29) is 24.0 Å². The number of hydrogen-bond acceptors (Lipinski definition) is 2. The Labute approximate surface area is 152 Å². The Bertz CT molecular complexity index is 436. The van der Waals surface area contributed by atoms with Gasteiger partial charge in [0.05, 0.1) is 6.61 Å². The van der Waals surface area contributed by atoms with Crippen molar-refractivity contribution in [3.63, 3.8) is 0 Å². The molecule has 1 aromatic carbocycles. The van der Waals surface area contributed by atoms with E-state index < -0.39 is 0 Å². The number of ether oxygens (including phenoxy) is 1. The van der Waals surface area contributed by atoms with Gasteiger partial charge < -0.3 is 15.4 Å². The number of rotatable bonds is 8. The van der Waals surface area contributed by atoms with Crippen molar-refractivity contribution in [2.75, 3.05) is 20.2 Å². The normalized spacial score (nSPS) is 11.2. The first-order valence-electron chi connectivity index (χ1n) is 7.76. The van der Waals surface area contributed by atoms with Crippen molar-refractivity contribution in [3.8, 4) is 0 Å². The Kier molecular flexibility index (Phi) is 12.2. The molecule has 4 nitrogen and oxygen atoms in total. The molecule has 0 aromatic heterocycles. The number of guanidine groups is 1. The Morgan fingerprint density at radius 3 is 2.45 bits per heavy atom. The molecular formula is C17H30IN3O. The summed E-state index contributed by atoms with van der Waals surface area (Å²) in [5.41, 5.74) is 2.49. The summed E-state index contributed by atoms with van der Waals surface area (Å²) in [6.07, 6.45) is 1.05. The minimum absolute atomic E-state index is 0. The largest absolute Gasteiger partial charge is 0.377 e. The molecule has 2 N–H and O–H groups in total. The molecule has 0 amide bonds. The van der Waals surface area contributed by atoms with Crippen LogP contribution in [0.4, 0.5) is 0 Å². The third-order valence-corrected chi connectivity index (χ3v) is 3.07. The Morgan fingerprint density at radius 2 is 1.86 bits per heavy atom. The van der Waals surface area contributed by atoms with E-state index >= 15 is 0 Å². The second kappa shape index (κ2) is 12.7. The third-order valence-electron chi connectivity index (χ3n) is 3.07. The first-order valence-corrected chi connectivity index (χ1v) is 7.76. The standard InChI is InChI=1S/C17H29N3O.HI/c1-5-10-21-13-16-9-7-6-8-15(16)12-20-17(18-4)19-11-14(2)3;/h6-9,14H,5,10-13H2,1-4H3,(H2,18,19,20);1H. The fraction of sp³-hybridized carbons (Fsp3) is 0.588. The van der Waals surface area contributed by atoms with Crippen molar-refractivity contribution < 1.29 is 4.74 Å². The zero-order valence-corrected chi connectivity index (χ0v) is 16.5. The molecule has 22 heavy (non-hydrogen) atoms. The van der Waals surface area contributed by atoms with Gasteiger partial charge in [-0.25, -0.2) is 0 Å². The molecule has 0 bridgehead atoms. The topological polar surface area (TPSA) is 45.6 Å². The summed E-state index contributed by atoms with van der Waals surface area (Å²) >= 11 is 0. The van der Waals surface area contributed by atoms with E-state index in [1.165, 1.54) is 11.1 Å². The molecule has 0 aliphatic rings. The molecule has 0 heterocycles. The highest BCUT2D eigenvalue weighted by Gasteiger charge is 2.04. The lowest BCUT2D eigenvalue weighted by Crippen LogP contribution is -2.38. The van der Waals surface area contributed by atoms with Crippen LogP contribution in [0, 0.1) is 5.92 Å². The first-order chi connectivity index (χ1) is 10.2. The van der Waals surface area contributed by atoms with Gasteiger partial charge in [-0.3, -0.25) is 4.99 Å². The molecule has 0 saturated heterocycles. The number of nitrogens with one attached hydrogen (secondary N) is 2. The summed E-state index contributed by atoms with van der Waals surface area (Å²) in [5, 5.41) is 6.67. The molecule has 1 rings (SSSR count). The van der Waals surface area contributed by atoms with Gasteiger partial charge in [0.2, 0.25) is 0 Å². The maximum absolute atomic E-state index is 5.65. The Balaban J connectivity index is 0.00000441. The maximum Gasteiger partial charge on any atom is 0.191 e. The minimum Gasteiger partial charge on any atom is -0.377 e. The fourth-order valence-corrected chi connectivity index (χ4v) is 1.90. The highest BCUT2D eigenvalue weighted by Crippen LogP contribution is 2.10. The average Bonchev–Trinajstić information content (AvgIpc) is 2.48. The molecule has 0 aliphatic carbocycles. The van der Waals surface area contributed by atoms with E-state index in [4.69, 9.17) is 4.74 Å². The monoisotopic (exact) mass is 419 g/mol. The van der Waals surface area contributed by atoms with E-state index in [0.29, 0.717) is 12.5 Å². The van der Waals surface area contributed by atoms with Crippen molar-refractivity contribution >= 4 is 29.9 Å². The molecule has 0 saturated carbocycles. The molecule has 0 radical (unpaired) electrons. The van der Waals surface area contributed by atoms with Crippen LogP contribution in [0.2, 0.25) is 0 Å². The molecule has 1 aromatic rings. The van der Waals surface area contributed by atoms with Gasteiger partial charge in [0.25, 0.3) is 0 Å². The van der Waals surface area contributed by atoms with Crippen LogP contribution >= 0.6 is 24.0 Å². The van der Waals surface area contributed by atoms with Crippen LogP contribution in [-0.4, -0.2) is 26.2 Å². The second-order valence-electron chi connectivity index (χ2n) is 5.52. The summed E-state index contributed by atoms with van der Waals surface area (Å²) in [5.74, 6) is 1.44. The van der Waals surface area contributed by atoms with Crippen LogP contribution in [0.5, 0.6) is 0 Å². The molecule has 0 aliphatic heterocycles. The van der Waals surface area contributed by atoms with Crippen molar-refractivity contribution in [2.45, 2.75) is 40.3 Å². The summed E-state index contributed by atoms with van der Waals surface area (Å²) in [6.45, 7) is 9.63. The number of benzene rings is 1. The van der Waals surface area contributed by atoms with Gasteiger partial charge in [0.1, 0.15) is 0 Å². The van der Waals surface area contributed by atoms with Gasteiger partial charge in [-0.1, -0.05) is 45.0 Å². The third kappa shape index (κ3) is 8.58. The van der Waals surface area contributed by atoms with Crippen molar-refractivity contribution in [1.29, 1.82) is 0 Å². The highest BCUT2D eigenvalue weighted by molar-refractivity contribution is 14.0. The Morgan fingerprint density at radius 1 is 1.18 bits per heavy atom. The predicted molar refractivity (Wildman–Crippen MR) is 105 cm³/mol. The highest BCUT2D eigenvalue weighted by atomic mass is 127. The number of hydrogen-bond donors (Lipinski definition) is 2. The van der Waals surface area contributed by atoms with E-state index in [0.717, 1.165) is 32.1 Å². The summed E-state index contributed by atoms with van der Waals surface area (Å²) in [4.78, 5) is 4.24. The molecule has 5 heteroatoms. The van der Waals surface area contributed by atoms with Gasteiger partial charge in [0.15, 0.2) is 5.96 Å². The number of halogens is 1.